The lowest BCUT2D eigenvalue weighted by molar-refractivity contribution is -0.393. The molecule has 164 valence electrons. The van der Waals surface area contributed by atoms with Gasteiger partial charge in [0.05, 0.1) is 21.5 Å². The number of benzene rings is 2. The number of carbonyl (C=O) groups excluding carboxylic acids is 1. The van der Waals surface area contributed by atoms with Crippen LogP contribution in [-0.4, -0.2) is 32.9 Å². The quantitative estimate of drug-likeness (QED) is 0.375. The van der Waals surface area contributed by atoms with E-state index in [2.05, 4.69) is 10.6 Å². The van der Waals surface area contributed by atoms with Gasteiger partial charge in [0.1, 0.15) is 11.7 Å². The molecule has 0 saturated carbocycles. The van der Waals surface area contributed by atoms with Gasteiger partial charge in [-0.25, -0.2) is 4.79 Å². The summed E-state index contributed by atoms with van der Waals surface area (Å²) < 4.78 is 0. The number of amides is 1. The predicted octanol–water partition coefficient (Wildman–Crippen LogP) is 4.32. The number of carbonyl (C=O) groups is 2. The van der Waals surface area contributed by atoms with E-state index in [0.717, 1.165) is 6.07 Å². The second-order valence-corrected chi connectivity index (χ2v) is 7.46. The van der Waals surface area contributed by atoms with Crippen molar-refractivity contribution in [1.82, 2.24) is 0 Å². The van der Waals surface area contributed by atoms with E-state index >= 15 is 0 Å². The molecule has 2 rings (SSSR count). The van der Waals surface area contributed by atoms with E-state index in [-0.39, 0.29) is 18.0 Å². The number of hydrogen-bond donors (Lipinski definition) is 3. The molecule has 0 radical (unpaired) electrons. The fourth-order valence-corrected chi connectivity index (χ4v) is 2.92. The molecule has 31 heavy (non-hydrogen) atoms. The Labute approximate surface area is 181 Å². The summed E-state index contributed by atoms with van der Waals surface area (Å²) in [6.07, 6.45) is 0.0989. The van der Waals surface area contributed by atoms with Crippen LogP contribution in [0.4, 0.5) is 22.7 Å². The largest absolute Gasteiger partial charge is 0.480 e. The van der Waals surface area contributed by atoms with Gasteiger partial charge in [0.15, 0.2) is 0 Å². The van der Waals surface area contributed by atoms with Crippen LogP contribution in [0, 0.1) is 26.1 Å². The van der Waals surface area contributed by atoms with Crippen LogP contribution < -0.4 is 10.6 Å². The lowest BCUT2D eigenvalue weighted by atomic mass is 10.0. The fraction of sp³-hybridized carbons (Fsp3) is 0.263. The molecule has 2 aromatic rings. The molecule has 2 aromatic carbocycles. The van der Waals surface area contributed by atoms with Crippen LogP contribution in [0.2, 0.25) is 5.02 Å². The first-order chi connectivity index (χ1) is 14.5. The zero-order valence-corrected chi connectivity index (χ0v) is 17.3. The number of nitro groups is 2. The normalized spacial score (nSPS) is 11.6. The highest BCUT2D eigenvalue weighted by Gasteiger charge is 2.31. The Hall–Kier alpha value is -3.73. The molecule has 1 atom stereocenters. The van der Waals surface area contributed by atoms with E-state index in [4.69, 9.17) is 11.6 Å². The molecule has 0 aromatic heterocycles. The summed E-state index contributed by atoms with van der Waals surface area (Å²) in [6, 6.07) is 6.20. The molecule has 0 aliphatic heterocycles. The van der Waals surface area contributed by atoms with Crippen LogP contribution >= 0.6 is 11.6 Å². The summed E-state index contributed by atoms with van der Waals surface area (Å²) in [7, 11) is 0. The molecule has 0 unspecified atom stereocenters. The Balaban J connectivity index is 2.60. The number of hydrogen-bond acceptors (Lipinski definition) is 7. The molecule has 3 N–H and O–H groups in total. The summed E-state index contributed by atoms with van der Waals surface area (Å²) in [6.45, 7) is 3.52. The standard InChI is InChI=1S/C19H19ClN4O7/c1-10(2)7-15(19(26)27)22-17-14(8-13(23(28)29)9-16(17)24(30)31)18(25)21-12-5-3-11(20)4-6-12/h3-6,8-10,15,22H,7H2,1-2H3,(H,21,25)(H,26,27)/t15-/m1/s1. The number of nitro benzene ring substituents is 2. The van der Waals surface area contributed by atoms with E-state index in [1.54, 1.807) is 13.8 Å². The third-order valence-corrected chi connectivity index (χ3v) is 4.43. The molecule has 0 heterocycles. The highest BCUT2D eigenvalue weighted by molar-refractivity contribution is 6.30. The minimum Gasteiger partial charge on any atom is -0.480 e. The summed E-state index contributed by atoms with van der Waals surface area (Å²) in [5.41, 5.74) is -2.05. The van der Waals surface area contributed by atoms with Crippen molar-refractivity contribution in [3.8, 4) is 0 Å². The van der Waals surface area contributed by atoms with Crippen molar-refractivity contribution in [2.45, 2.75) is 26.3 Å². The summed E-state index contributed by atoms with van der Waals surface area (Å²) in [4.78, 5) is 45.6. The number of aliphatic carboxylic acids is 1. The Bertz CT molecular complexity index is 1020. The van der Waals surface area contributed by atoms with Gasteiger partial charge in [-0.1, -0.05) is 25.4 Å². The van der Waals surface area contributed by atoms with Gasteiger partial charge in [0.25, 0.3) is 17.3 Å². The van der Waals surface area contributed by atoms with Gasteiger partial charge in [-0.2, -0.15) is 0 Å². The first kappa shape index (κ1) is 23.5. The van der Waals surface area contributed by atoms with Crippen molar-refractivity contribution in [2.24, 2.45) is 5.92 Å². The molecular formula is C19H19ClN4O7. The number of carboxylic acids is 1. The molecule has 0 spiro atoms. The van der Waals surface area contributed by atoms with Gasteiger partial charge in [-0.15, -0.1) is 0 Å². The van der Waals surface area contributed by atoms with E-state index in [1.807, 2.05) is 0 Å². The maximum Gasteiger partial charge on any atom is 0.326 e. The second kappa shape index (κ2) is 9.85. The van der Waals surface area contributed by atoms with Gasteiger partial charge in [0, 0.05) is 16.8 Å². The zero-order valence-electron chi connectivity index (χ0n) is 16.5. The highest BCUT2D eigenvalue weighted by atomic mass is 35.5. The minimum absolute atomic E-state index is 0.0861. The first-order valence-electron chi connectivity index (χ1n) is 9.02. The van der Waals surface area contributed by atoms with E-state index < -0.39 is 50.4 Å². The lowest BCUT2D eigenvalue weighted by Gasteiger charge is -2.19. The van der Waals surface area contributed by atoms with Crippen LogP contribution in [0.5, 0.6) is 0 Å². The van der Waals surface area contributed by atoms with E-state index in [0.29, 0.717) is 11.1 Å². The number of anilines is 2. The molecule has 1 amide bonds. The molecule has 11 nitrogen and oxygen atoms in total. The third kappa shape index (κ3) is 6.12. The second-order valence-electron chi connectivity index (χ2n) is 7.03. The Morgan fingerprint density at radius 2 is 1.71 bits per heavy atom. The van der Waals surface area contributed by atoms with Crippen molar-refractivity contribution in [2.75, 3.05) is 10.6 Å². The predicted molar refractivity (Wildman–Crippen MR) is 114 cm³/mol. The minimum atomic E-state index is -1.29. The van der Waals surface area contributed by atoms with Crippen molar-refractivity contribution >= 4 is 46.2 Å². The molecule has 0 bridgehead atoms. The molecule has 12 heteroatoms. The van der Waals surface area contributed by atoms with Crippen molar-refractivity contribution < 1.29 is 24.5 Å². The van der Waals surface area contributed by atoms with Crippen molar-refractivity contribution in [1.29, 1.82) is 0 Å². The molecule has 0 fully saturated rings. The fourth-order valence-electron chi connectivity index (χ4n) is 2.79. The topological polar surface area (TPSA) is 165 Å². The first-order valence-corrected chi connectivity index (χ1v) is 9.40. The smallest absolute Gasteiger partial charge is 0.326 e. The lowest BCUT2D eigenvalue weighted by Crippen LogP contribution is -2.32. The summed E-state index contributed by atoms with van der Waals surface area (Å²) in [5.74, 6) is -2.27. The Kier molecular flexibility index (Phi) is 7.48. The third-order valence-electron chi connectivity index (χ3n) is 4.18. The number of halogens is 1. The average molecular weight is 451 g/mol. The van der Waals surface area contributed by atoms with Crippen LogP contribution in [0.1, 0.15) is 30.6 Å². The Morgan fingerprint density at radius 1 is 1.10 bits per heavy atom. The maximum atomic E-state index is 12.9. The molecule has 0 saturated heterocycles. The van der Waals surface area contributed by atoms with E-state index in [9.17, 15) is 34.9 Å². The maximum absolute atomic E-state index is 12.9. The number of rotatable bonds is 9. The SMILES string of the molecule is CC(C)C[C@@H](Nc1c(C(=O)Nc2ccc(Cl)cc2)cc([N+](=O)[O-])cc1[N+](=O)[O-])C(=O)O. The van der Waals surface area contributed by atoms with Gasteiger partial charge in [0.2, 0.25) is 0 Å². The van der Waals surface area contributed by atoms with Gasteiger partial charge < -0.3 is 15.7 Å². The van der Waals surface area contributed by atoms with Gasteiger partial charge in [-0.05, 0) is 36.6 Å². The van der Waals surface area contributed by atoms with Crippen molar-refractivity contribution in [3.05, 3.63) is 67.2 Å². The number of non-ortho nitro benzene ring substituents is 1. The molecule has 0 aliphatic carbocycles. The summed E-state index contributed by atoms with van der Waals surface area (Å²) in [5, 5.41) is 37.7. The van der Waals surface area contributed by atoms with E-state index in [1.165, 1.54) is 24.3 Å². The summed E-state index contributed by atoms with van der Waals surface area (Å²) >= 11 is 5.80. The Morgan fingerprint density at radius 3 is 2.19 bits per heavy atom. The van der Waals surface area contributed by atoms with Gasteiger partial charge in [-0.3, -0.25) is 25.0 Å². The number of nitrogens with zero attached hydrogens (tertiary/aromatic N) is 2. The van der Waals surface area contributed by atoms with Gasteiger partial charge >= 0.3 is 5.97 Å². The zero-order chi connectivity index (χ0) is 23.3. The molecular weight excluding hydrogens is 432 g/mol. The average Bonchev–Trinajstić information content (AvgIpc) is 2.68. The number of carboxylic acid groups (broad SMARTS) is 1. The van der Waals surface area contributed by atoms with Crippen LogP contribution in [0.15, 0.2) is 36.4 Å². The number of nitrogens with one attached hydrogen (secondary N) is 2. The van der Waals surface area contributed by atoms with Crippen LogP contribution in [0.25, 0.3) is 0 Å². The monoisotopic (exact) mass is 450 g/mol. The van der Waals surface area contributed by atoms with Crippen molar-refractivity contribution in [3.63, 3.8) is 0 Å². The van der Waals surface area contributed by atoms with Crippen LogP contribution in [0.3, 0.4) is 0 Å². The highest BCUT2D eigenvalue weighted by Crippen LogP contribution is 2.35. The van der Waals surface area contributed by atoms with Crippen LogP contribution in [-0.2, 0) is 4.79 Å². The molecule has 0 aliphatic rings.